The van der Waals surface area contributed by atoms with Crippen LogP contribution >= 0.6 is 0 Å². The Morgan fingerprint density at radius 1 is 0.941 bits per heavy atom. The lowest BCUT2D eigenvalue weighted by atomic mass is 9.82. The van der Waals surface area contributed by atoms with Crippen LogP contribution in [-0.4, -0.2) is 60.5 Å². The van der Waals surface area contributed by atoms with Gasteiger partial charge < -0.3 is 28.8 Å². The quantitative estimate of drug-likeness (QED) is 0.662. The Morgan fingerprint density at radius 3 is 2.38 bits per heavy atom. The van der Waals surface area contributed by atoms with Crippen molar-refractivity contribution in [2.24, 2.45) is 0 Å². The maximum Gasteiger partial charge on any atom is 0.118 e. The fourth-order valence-electron chi connectivity index (χ4n) is 5.37. The lowest BCUT2D eigenvalue weighted by Gasteiger charge is -2.49. The minimum atomic E-state index is -0.839. The maximum atomic E-state index is 11.2. The Labute approximate surface area is 202 Å². The van der Waals surface area contributed by atoms with Crippen LogP contribution in [0.2, 0.25) is 0 Å². The Balaban J connectivity index is 1.31. The van der Waals surface area contributed by atoms with E-state index in [2.05, 4.69) is 12.1 Å². The predicted molar refractivity (Wildman–Crippen MR) is 127 cm³/mol. The molecule has 6 nitrogen and oxygen atoms in total. The van der Waals surface area contributed by atoms with Gasteiger partial charge in [-0.15, -0.1) is 0 Å². The normalized spacial score (nSPS) is 35.7. The second-order valence-electron chi connectivity index (χ2n) is 9.88. The summed E-state index contributed by atoms with van der Waals surface area (Å²) >= 11 is 0. The fourth-order valence-corrected chi connectivity index (χ4v) is 5.37. The SMILES string of the molecule is C[C@@]12O[C@H](COCc3ccccc3)[C@@H](OCc3ccccc3)C[C@H]1O[C@H]1CCCO[C@@H]1C[C@@H]2O. The molecule has 0 unspecified atom stereocenters. The Kier molecular flexibility index (Phi) is 7.64. The van der Waals surface area contributed by atoms with E-state index >= 15 is 0 Å². The van der Waals surface area contributed by atoms with Crippen LogP contribution in [0.4, 0.5) is 0 Å². The van der Waals surface area contributed by atoms with Crippen molar-refractivity contribution in [3.63, 3.8) is 0 Å². The summed E-state index contributed by atoms with van der Waals surface area (Å²) in [5, 5.41) is 11.2. The fraction of sp³-hybridized carbons (Fsp3) is 0.571. The van der Waals surface area contributed by atoms with Gasteiger partial charge in [-0.25, -0.2) is 0 Å². The molecular formula is C28H36O6. The monoisotopic (exact) mass is 468 g/mol. The van der Waals surface area contributed by atoms with Crippen molar-refractivity contribution in [3.05, 3.63) is 71.8 Å². The van der Waals surface area contributed by atoms with Crippen LogP contribution in [0.5, 0.6) is 0 Å². The van der Waals surface area contributed by atoms with Gasteiger partial charge in [-0.2, -0.15) is 0 Å². The van der Waals surface area contributed by atoms with Crippen molar-refractivity contribution < 1.29 is 28.8 Å². The Morgan fingerprint density at radius 2 is 1.65 bits per heavy atom. The molecule has 2 aromatic carbocycles. The Hall–Kier alpha value is -1.80. The molecule has 2 aromatic rings. The summed E-state index contributed by atoms with van der Waals surface area (Å²) in [5.41, 5.74) is 1.39. The molecular weight excluding hydrogens is 432 g/mol. The van der Waals surface area contributed by atoms with Crippen LogP contribution in [0.3, 0.4) is 0 Å². The zero-order chi connectivity index (χ0) is 23.4. The minimum absolute atomic E-state index is 0.0144. The standard InChI is InChI=1S/C28H36O6/c1-28-26(29)15-23-22(13-8-14-31-23)33-27(28)16-24(32-18-21-11-6-3-7-12-21)25(34-28)19-30-17-20-9-4-2-5-10-20/h2-7,9-12,22-27,29H,8,13-19H2,1H3/t22-,23+,24-,25+,26-,27+,28-/m0/s1. The van der Waals surface area contributed by atoms with Gasteiger partial charge in [-0.05, 0) is 30.9 Å². The number of hydrogen-bond acceptors (Lipinski definition) is 6. The van der Waals surface area contributed by atoms with Crippen molar-refractivity contribution in [3.8, 4) is 0 Å². The molecule has 1 N–H and O–H groups in total. The van der Waals surface area contributed by atoms with Crippen LogP contribution in [0.1, 0.15) is 43.7 Å². The van der Waals surface area contributed by atoms with Gasteiger partial charge in [0.1, 0.15) is 11.7 Å². The molecule has 0 radical (unpaired) electrons. The number of ether oxygens (including phenoxy) is 5. The molecule has 3 saturated heterocycles. The van der Waals surface area contributed by atoms with Gasteiger partial charge in [0, 0.05) is 19.4 Å². The van der Waals surface area contributed by atoms with Crippen molar-refractivity contribution in [1.82, 2.24) is 0 Å². The first kappa shape index (κ1) is 23.9. The predicted octanol–water partition coefficient (Wildman–Crippen LogP) is 4.03. The van der Waals surface area contributed by atoms with E-state index in [9.17, 15) is 5.11 Å². The molecule has 5 rings (SSSR count). The van der Waals surface area contributed by atoms with E-state index in [0.717, 1.165) is 30.6 Å². The van der Waals surface area contributed by atoms with E-state index in [4.69, 9.17) is 23.7 Å². The summed E-state index contributed by atoms with van der Waals surface area (Å²) in [6.45, 7) is 4.07. The highest BCUT2D eigenvalue weighted by Crippen LogP contribution is 2.42. The molecule has 184 valence electrons. The van der Waals surface area contributed by atoms with Crippen LogP contribution in [-0.2, 0) is 36.9 Å². The average Bonchev–Trinajstić information content (AvgIpc) is 2.97. The van der Waals surface area contributed by atoms with Gasteiger partial charge in [0.05, 0.1) is 50.3 Å². The van der Waals surface area contributed by atoms with Crippen LogP contribution < -0.4 is 0 Å². The van der Waals surface area contributed by atoms with E-state index in [1.54, 1.807) is 0 Å². The second-order valence-corrected chi connectivity index (χ2v) is 9.88. The molecule has 3 aliphatic heterocycles. The average molecular weight is 469 g/mol. The van der Waals surface area contributed by atoms with Crippen molar-refractivity contribution >= 4 is 0 Å². The number of benzene rings is 2. The first-order valence-electron chi connectivity index (χ1n) is 12.5. The molecule has 7 atom stereocenters. The smallest absolute Gasteiger partial charge is 0.118 e. The van der Waals surface area contributed by atoms with Crippen molar-refractivity contribution in [1.29, 1.82) is 0 Å². The Bertz CT molecular complexity index is 892. The molecule has 34 heavy (non-hydrogen) atoms. The molecule has 0 aromatic heterocycles. The summed E-state index contributed by atoms with van der Waals surface area (Å²) in [6, 6.07) is 20.3. The van der Waals surface area contributed by atoms with E-state index in [-0.39, 0.29) is 30.5 Å². The van der Waals surface area contributed by atoms with Crippen LogP contribution in [0, 0.1) is 0 Å². The summed E-state index contributed by atoms with van der Waals surface area (Å²) in [7, 11) is 0. The highest BCUT2D eigenvalue weighted by atomic mass is 16.6. The van der Waals surface area contributed by atoms with E-state index in [1.807, 2.05) is 55.5 Å². The zero-order valence-corrected chi connectivity index (χ0v) is 19.9. The molecule has 0 spiro atoms. The third-order valence-corrected chi connectivity index (χ3v) is 7.44. The van der Waals surface area contributed by atoms with Gasteiger partial charge >= 0.3 is 0 Å². The van der Waals surface area contributed by atoms with Crippen LogP contribution in [0.25, 0.3) is 0 Å². The lowest BCUT2D eigenvalue weighted by molar-refractivity contribution is -0.278. The van der Waals surface area contributed by atoms with E-state index in [0.29, 0.717) is 32.7 Å². The molecule has 0 bridgehead atoms. The summed E-state index contributed by atoms with van der Waals surface area (Å²) < 4.78 is 31.6. The first-order chi connectivity index (χ1) is 16.6. The lowest BCUT2D eigenvalue weighted by Crippen LogP contribution is -2.62. The second kappa shape index (κ2) is 10.9. The van der Waals surface area contributed by atoms with Gasteiger partial charge in [-0.3, -0.25) is 0 Å². The third-order valence-electron chi connectivity index (χ3n) is 7.44. The molecule has 3 heterocycles. The van der Waals surface area contributed by atoms with Gasteiger partial charge in [0.15, 0.2) is 0 Å². The van der Waals surface area contributed by atoms with E-state index in [1.165, 1.54) is 0 Å². The summed E-state index contributed by atoms with van der Waals surface area (Å²) in [5.74, 6) is 0. The number of aliphatic hydroxyl groups is 1. The highest BCUT2D eigenvalue weighted by Gasteiger charge is 2.55. The number of hydrogen-bond donors (Lipinski definition) is 1. The summed E-state index contributed by atoms with van der Waals surface area (Å²) in [6.07, 6.45) is 1.51. The number of aliphatic hydroxyl groups excluding tert-OH is 1. The van der Waals surface area contributed by atoms with Gasteiger partial charge in [0.2, 0.25) is 0 Å². The number of rotatable bonds is 7. The topological polar surface area (TPSA) is 66.4 Å². The molecule has 0 saturated carbocycles. The van der Waals surface area contributed by atoms with Crippen molar-refractivity contribution in [2.45, 2.75) is 88.0 Å². The largest absolute Gasteiger partial charge is 0.390 e. The maximum absolute atomic E-state index is 11.2. The van der Waals surface area contributed by atoms with Gasteiger partial charge in [0.25, 0.3) is 0 Å². The molecule has 0 aliphatic carbocycles. The highest BCUT2D eigenvalue weighted by molar-refractivity contribution is 5.14. The first-order valence-corrected chi connectivity index (χ1v) is 12.5. The molecule has 3 aliphatic rings. The minimum Gasteiger partial charge on any atom is -0.390 e. The zero-order valence-electron chi connectivity index (χ0n) is 19.9. The molecule has 3 fully saturated rings. The number of fused-ring (bicyclic) bond motifs is 2. The van der Waals surface area contributed by atoms with E-state index < -0.39 is 11.7 Å². The summed E-state index contributed by atoms with van der Waals surface area (Å²) in [4.78, 5) is 0. The molecule has 6 heteroatoms. The van der Waals surface area contributed by atoms with Crippen molar-refractivity contribution in [2.75, 3.05) is 13.2 Å². The van der Waals surface area contributed by atoms with Crippen LogP contribution in [0.15, 0.2) is 60.7 Å². The third kappa shape index (κ3) is 5.38. The van der Waals surface area contributed by atoms with Gasteiger partial charge in [-0.1, -0.05) is 60.7 Å². The molecule has 0 amide bonds.